The molecule has 17 heavy (non-hydrogen) atoms. The summed E-state index contributed by atoms with van der Waals surface area (Å²) in [5.41, 5.74) is 2.54. The van der Waals surface area contributed by atoms with E-state index in [9.17, 15) is 4.79 Å². The van der Waals surface area contributed by atoms with E-state index in [-0.39, 0.29) is 5.97 Å². The van der Waals surface area contributed by atoms with E-state index in [1.165, 1.54) is 0 Å². The van der Waals surface area contributed by atoms with Crippen LogP contribution in [0.2, 0.25) is 0 Å². The van der Waals surface area contributed by atoms with Crippen molar-refractivity contribution < 1.29 is 9.53 Å². The Kier molecular flexibility index (Phi) is 3.18. The number of rotatable bonds is 3. The van der Waals surface area contributed by atoms with Gasteiger partial charge in [0.15, 0.2) is 0 Å². The highest BCUT2D eigenvalue weighted by Crippen LogP contribution is 2.23. The molecule has 0 saturated heterocycles. The SMILES string of the molecule is CCOC(=O)c1c(-c2cccnc2)n[nH]c1C. The van der Waals surface area contributed by atoms with E-state index >= 15 is 0 Å². The first-order valence-corrected chi connectivity index (χ1v) is 5.36. The summed E-state index contributed by atoms with van der Waals surface area (Å²) in [7, 11) is 0. The van der Waals surface area contributed by atoms with Crippen molar-refractivity contribution in [3.63, 3.8) is 0 Å². The van der Waals surface area contributed by atoms with E-state index in [4.69, 9.17) is 4.74 Å². The van der Waals surface area contributed by atoms with Crippen LogP contribution in [0.1, 0.15) is 23.0 Å². The first-order valence-electron chi connectivity index (χ1n) is 5.36. The maximum Gasteiger partial charge on any atom is 0.342 e. The quantitative estimate of drug-likeness (QED) is 0.820. The van der Waals surface area contributed by atoms with Crippen molar-refractivity contribution in [3.05, 3.63) is 35.8 Å². The molecule has 0 aliphatic heterocycles. The zero-order valence-electron chi connectivity index (χ0n) is 9.73. The van der Waals surface area contributed by atoms with E-state index in [0.717, 1.165) is 5.56 Å². The van der Waals surface area contributed by atoms with Crippen molar-refractivity contribution >= 4 is 5.97 Å². The molecule has 2 heterocycles. The Morgan fingerprint density at radius 3 is 3.00 bits per heavy atom. The highest BCUT2D eigenvalue weighted by atomic mass is 16.5. The van der Waals surface area contributed by atoms with E-state index in [0.29, 0.717) is 23.6 Å². The molecule has 0 amide bonds. The fraction of sp³-hybridized carbons (Fsp3) is 0.250. The lowest BCUT2D eigenvalue weighted by Gasteiger charge is -2.03. The number of pyridine rings is 1. The lowest BCUT2D eigenvalue weighted by molar-refractivity contribution is 0.0526. The number of hydrogen-bond acceptors (Lipinski definition) is 4. The molecule has 2 rings (SSSR count). The predicted molar refractivity (Wildman–Crippen MR) is 62.5 cm³/mol. The zero-order valence-corrected chi connectivity index (χ0v) is 9.73. The molecule has 2 aromatic rings. The molecule has 0 aliphatic carbocycles. The number of aromatic nitrogens is 3. The predicted octanol–water partition coefficient (Wildman–Crippen LogP) is 1.96. The van der Waals surface area contributed by atoms with Gasteiger partial charge < -0.3 is 4.74 Å². The van der Waals surface area contributed by atoms with Gasteiger partial charge in [-0.05, 0) is 26.0 Å². The van der Waals surface area contributed by atoms with Gasteiger partial charge in [-0.15, -0.1) is 0 Å². The van der Waals surface area contributed by atoms with Crippen LogP contribution < -0.4 is 0 Å². The molecule has 1 N–H and O–H groups in total. The second kappa shape index (κ2) is 4.78. The lowest BCUT2D eigenvalue weighted by Crippen LogP contribution is -2.06. The van der Waals surface area contributed by atoms with Gasteiger partial charge in [0.1, 0.15) is 11.3 Å². The number of nitrogens with zero attached hydrogens (tertiary/aromatic N) is 2. The highest BCUT2D eigenvalue weighted by Gasteiger charge is 2.20. The molecule has 88 valence electrons. The summed E-state index contributed by atoms with van der Waals surface area (Å²) in [6.45, 7) is 3.91. The van der Waals surface area contributed by atoms with Gasteiger partial charge in [0.2, 0.25) is 0 Å². The fourth-order valence-electron chi connectivity index (χ4n) is 1.59. The van der Waals surface area contributed by atoms with Crippen LogP contribution in [0.5, 0.6) is 0 Å². The Morgan fingerprint density at radius 2 is 2.35 bits per heavy atom. The Bertz CT molecular complexity index is 520. The molecule has 0 radical (unpaired) electrons. The average Bonchev–Trinajstić information content (AvgIpc) is 2.73. The van der Waals surface area contributed by atoms with Crippen molar-refractivity contribution in [3.8, 4) is 11.3 Å². The molecule has 0 saturated carbocycles. The van der Waals surface area contributed by atoms with Gasteiger partial charge in [0.05, 0.1) is 6.61 Å². The maximum absolute atomic E-state index is 11.8. The Hall–Kier alpha value is -2.17. The molecule has 0 aliphatic rings. The Labute approximate surface area is 98.8 Å². The number of carbonyl (C=O) groups excluding carboxylic acids is 1. The third-order valence-electron chi connectivity index (χ3n) is 2.36. The lowest BCUT2D eigenvalue weighted by atomic mass is 10.1. The van der Waals surface area contributed by atoms with Crippen LogP contribution in [0.3, 0.4) is 0 Å². The standard InChI is InChI=1S/C12H13N3O2/c1-3-17-12(16)10-8(2)14-15-11(10)9-5-4-6-13-7-9/h4-7H,3H2,1-2H3,(H,14,15). The van der Waals surface area contributed by atoms with E-state index in [2.05, 4.69) is 15.2 Å². The van der Waals surface area contributed by atoms with Gasteiger partial charge in [0, 0.05) is 23.7 Å². The zero-order chi connectivity index (χ0) is 12.3. The summed E-state index contributed by atoms with van der Waals surface area (Å²) in [6.07, 6.45) is 3.34. The topological polar surface area (TPSA) is 67.9 Å². The monoisotopic (exact) mass is 231 g/mol. The van der Waals surface area contributed by atoms with Crippen LogP contribution in [0.4, 0.5) is 0 Å². The number of esters is 1. The Balaban J connectivity index is 2.46. The number of H-pyrrole nitrogens is 1. The normalized spacial score (nSPS) is 10.2. The fourth-order valence-corrected chi connectivity index (χ4v) is 1.59. The van der Waals surface area contributed by atoms with E-state index in [1.54, 1.807) is 32.3 Å². The third-order valence-corrected chi connectivity index (χ3v) is 2.36. The van der Waals surface area contributed by atoms with Gasteiger partial charge in [-0.25, -0.2) is 4.79 Å². The molecule has 0 spiro atoms. The summed E-state index contributed by atoms with van der Waals surface area (Å²) in [6, 6.07) is 3.65. The van der Waals surface area contributed by atoms with Crippen molar-refractivity contribution in [2.45, 2.75) is 13.8 Å². The number of aryl methyl sites for hydroxylation is 1. The summed E-state index contributed by atoms with van der Waals surface area (Å²) < 4.78 is 5.01. The van der Waals surface area contributed by atoms with Crippen molar-refractivity contribution in [2.24, 2.45) is 0 Å². The molecule has 5 heteroatoms. The first-order chi connectivity index (χ1) is 8.24. The second-order valence-corrected chi connectivity index (χ2v) is 3.53. The molecule has 0 bridgehead atoms. The molecule has 0 fully saturated rings. The minimum absolute atomic E-state index is 0.343. The van der Waals surface area contributed by atoms with Crippen molar-refractivity contribution in [2.75, 3.05) is 6.61 Å². The van der Waals surface area contributed by atoms with E-state index < -0.39 is 0 Å². The van der Waals surface area contributed by atoms with Gasteiger partial charge >= 0.3 is 5.97 Å². The summed E-state index contributed by atoms with van der Waals surface area (Å²) in [5.74, 6) is -0.363. The molecule has 0 atom stereocenters. The highest BCUT2D eigenvalue weighted by molar-refractivity contribution is 5.97. The smallest absolute Gasteiger partial charge is 0.342 e. The second-order valence-electron chi connectivity index (χ2n) is 3.53. The van der Waals surface area contributed by atoms with Gasteiger partial charge in [-0.3, -0.25) is 10.1 Å². The Morgan fingerprint density at radius 1 is 1.53 bits per heavy atom. The number of aromatic amines is 1. The molecular formula is C12H13N3O2. The summed E-state index contributed by atoms with van der Waals surface area (Å²) in [4.78, 5) is 15.8. The number of hydrogen-bond donors (Lipinski definition) is 1. The van der Waals surface area contributed by atoms with E-state index in [1.807, 2.05) is 6.07 Å². The molecule has 2 aromatic heterocycles. The summed E-state index contributed by atoms with van der Waals surface area (Å²) in [5, 5.41) is 6.92. The minimum atomic E-state index is -0.363. The third kappa shape index (κ3) is 2.18. The molecule has 0 unspecified atom stereocenters. The van der Waals surface area contributed by atoms with Gasteiger partial charge in [0.25, 0.3) is 0 Å². The minimum Gasteiger partial charge on any atom is -0.462 e. The van der Waals surface area contributed by atoms with Crippen LogP contribution in [0.25, 0.3) is 11.3 Å². The number of ether oxygens (including phenoxy) is 1. The van der Waals surface area contributed by atoms with Crippen molar-refractivity contribution in [1.82, 2.24) is 15.2 Å². The number of nitrogens with one attached hydrogen (secondary N) is 1. The molecular weight excluding hydrogens is 218 g/mol. The molecule has 5 nitrogen and oxygen atoms in total. The first kappa shape index (κ1) is 11.3. The largest absolute Gasteiger partial charge is 0.462 e. The van der Waals surface area contributed by atoms with Gasteiger partial charge in [-0.1, -0.05) is 0 Å². The maximum atomic E-state index is 11.8. The van der Waals surface area contributed by atoms with Gasteiger partial charge in [-0.2, -0.15) is 5.10 Å². The van der Waals surface area contributed by atoms with Crippen molar-refractivity contribution in [1.29, 1.82) is 0 Å². The van der Waals surface area contributed by atoms with Crippen LogP contribution >= 0.6 is 0 Å². The van der Waals surface area contributed by atoms with Crippen LogP contribution in [-0.4, -0.2) is 27.8 Å². The van der Waals surface area contributed by atoms with Crippen LogP contribution in [-0.2, 0) is 4.74 Å². The average molecular weight is 231 g/mol. The molecule has 0 aromatic carbocycles. The number of carbonyl (C=O) groups is 1. The van der Waals surface area contributed by atoms with Crippen LogP contribution in [0, 0.1) is 6.92 Å². The van der Waals surface area contributed by atoms with Crippen LogP contribution in [0.15, 0.2) is 24.5 Å². The summed E-state index contributed by atoms with van der Waals surface area (Å²) >= 11 is 0.